The van der Waals surface area contributed by atoms with Gasteiger partial charge in [0.1, 0.15) is 0 Å². The third-order valence-corrected chi connectivity index (χ3v) is 5.47. The highest BCUT2D eigenvalue weighted by molar-refractivity contribution is 5.77. The molecule has 0 spiro atoms. The summed E-state index contributed by atoms with van der Waals surface area (Å²) >= 11 is 0. The number of ether oxygens (including phenoxy) is 2. The third kappa shape index (κ3) is 5.89. The summed E-state index contributed by atoms with van der Waals surface area (Å²) in [6.45, 7) is 1.42. The van der Waals surface area contributed by atoms with Crippen LogP contribution >= 0.6 is 0 Å². The average molecular weight is 453 g/mol. The minimum atomic E-state index is -4.71. The van der Waals surface area contributed by atoms with Crippen LogP contribution < -0.4 is 16.6 Å². The number of halogens is 3. The number of pyridine rings is 1. The Balaban J connectivity index is 1.91. The molecule has 0 saturated carbocycles. The van der Waals surface area contributed by atoms with E-state index in [0.29, 0.717) is 36.3 Å². The number of nitrogens with one attached hydrogen (secondary N) is 1. The maximum Gasteiger partial charge on any atom is 0.522 e. The summed E-state index contributed by atoms with van der Waals surface area (Å²) in [5.74, 6) is -0.732. The Kier molecular flexibility index (Phi) is 7.25. The summed E-state index contributed by atoms with van der Waals surface area (Å²) in [6.07, 6.45) is -2.52. The van der Waals surface area contributed by atoms with E-state index >= 15 is 0 Å². The number of amides is 1. The standard InChI is InChI=1S/C22H26F3N3O4/c1-13-9-16(12-28(2)21(13)30)14-3-4-17(19-11-15(20(26)29)5-7-31-19)18(10-14)27-6-8-32-22(23,24)25/h3-4,9-10,12,15,19,27H,5-8,11H2,1-2H3,(H2,26,29). The lowest BCUT2D eigenvalue weighted by Gasteiger charge is -2.30. The average Bonchev–Trinajstić information content (AvgIpc) is 2.74. The van der Waals surface area contributed by atoms with Gasteiger partial charge in [0.25, 0.3) is 5.56 Å². The van der Waals surface area contributed by atoms with E-state index in [4.69, 9.17) is 10.5 Å². The first-order valence-corrected chi connectivity index (χ1v) is 10.2. The van der Waals surface area contributed by atoms with Crippen LogP contribution in [0.3, 0.4) is 0 Å². The number of rotatable bonds is 7. The van der Waals surface area contributed by atoms with Crippen LogP contribution in [0.15, 0.2) is 35.3 Å². The Morgan fingerprint density at radius 2 is 2.06 bits per heavy atom. The molecule has 2 atom stereocenters. The molecule has 1 fully saturated rings. The van der Waals surface area contributed by atoms with Crippen LogP contribution in [0.25, 0.3) is 11.1 Å². The Morgan fingerprint density at radius 3 is 2.72 bits per heavy atom. The van der Waals surface area contributed by atoms with Crippen molar-refractivity contribution in [3.8, 4) is 11.1 Å². The van der Waals surface area contributed by atoms with Crippen molar-refractivity contribution < 1.29 is 27.4 Å². The second kappa shape index (κ2) is 9.74. The molecule has 1 aliphatic heterocycles. The zero-order valence-corrected chi connectivity index (χ0v) is 17.9. The number of aromatic nitrogens is 1. The minimum absolute atomic E-state index is 0.0891. The van der Waals surface area contributed by atoms with E-state index in [9.17, 15) is 22.8 Å². The van der Waals surface area contributed by atoms with Crippen LogP contribution in [0.5, 0.6) is 0 Å². The van der Waals surface area contributed by atoms with Gasteiger partial charge in [-0.2, -0.15) is 0 Å². The summed E-state index contributed by atoms with van der Waals surface area (Å²) in [5.41, 5.74) is 8.76. The summed E-state index contributed by atoms with van der Waals surface area (Å²) in [5, 5.41) is 2.99. The SMILES string of the molecule is Cc1cc(-c2ccc(C3CC(C(N)=O)CCO3)c(NCCOC(F)(F)F)c2)cn(C)c1=O. The van der Waals surface area contributed by atoms with E-state index in [-0.39, 0.29) is 18.0 Å². The number of nitrogens with zero attached hydrogens (tertiary/aromatic N) is 1. The number of benzene rings is 1. The maximum absolute atomic E-state index is 12.3. The van der Waals surface area contributed by atoms with Gasteiger partial charge in [-0.15, -0.1) is 13.2 Å². The van der Waals surface area contributed by atoms with Gasteiger partial charge in [0.2, 0.25) is 5.91 Å². The largest absolute Gasteiger partial charge is 0.522 e. The highest BCUT2D eigenvalue weighted by Gasteiger charge is 2.30. The van der Waals surface area contributed by atoms with Crippen LogP contribution in [0.4, 0.5) is 18.9 Å². The maximum atomic E-state index is 12.3. The molecule has 2 unspecified atom stereocenters. The van der Waals surface area contributed by atoms with Gasteiger partial charge >= 0.3 is 6.36 Å². The predicted octanol–water partition coefficient (Wildman–Crippen LogP) is 3.26. The van der Waals surface area contributed by atoms with E-state index in [1.807, 2.05) is 12.1 Å². The van der Waals surface area contributed by atoms with Gasteiger partial charge in [0.05, 0.1) is 12.7 Å². The van der Waals surface area contributed by atoms with Crippen molar-refractivity contribution >= 4 is 11.6 Å². The number of hydrogen-bond acceptors (Lipinski definition) is 5. The van der Waals surface area contributed by atoms with E-state index in [2.05, 4.69) is 10.1 Å². The molecule has 0 bridgehead atoms. The highest BCUT2D eigenvalue weighted by atomic mass is 19.4. The second-order valence-electron chi connectivity index (χ2n) is 7.83. The normalized spacial score (nSPS) is 19.0. The molecule has 174 valence electrons. The Labute approximate surface area is 183 Å². The lowest BCUT2D eigenvalue weighted by molar-refractivity contribution is -0.322. The minimum Gasteiger partial charge on any atom is -0.382 e. The van der Waals surface area contributed by atoms with Gasteiger partial charge in [-0.05, 0) is 43.0 Å². The van der Waals surface area contributed by atoms with Crippen LogP contribution in [0, 0.1) is 12.8 Å². The number of anilines is 1. The summed E-state index contributed by atoms with van der Waals surface area (Å²) < 4.78 is 48.1. The van der Waals surface area contributed by atoms with Gasteiger partial charge in [-0.3, -0.25) is 14.3 Å². The molecule has 2 heterocycles. The molecular formula is C22H26F3N3O4. The van der Waals surface area contributed by atoms with Crippen molar-refractivity contribution in [2.24, 2.45) is 18.7 Å². The van der Waals surface area contributed by atoms with Gasteiger partial charge in [-0.1, -0.05) is 12.1 Å². The molecule has 10 heteroatoms. The number of hydrogen-bond donors (Lipinski definition) is 2. The lowest BCUT2D eigenvalue weighted by Crippen LogP contribution is -2.31. The fraction of sp³-hybridized carbons (Fsp3) is 0.455. The summed E-state index contributed by atoms with van der Waals surface area (Å²) in [7, 11) is 1.65. The Bertz CT molecular complexity index is 1010. The fourth-order valence-corrected chi connectivity index (χ4v) is 3.83. The number of carbonyl (C=O) groups excluding carboxylic acids is 1. The smallest absolute Gasteiger partial charge is 0.382 e. The van der Waals surface area contributed by atoms with Crippen LogP contribution in [0.1, 0.15) is 30.1 Å². The van der Waals surface area contributed by atoms with Crippen molar-refractivity contribution in [2.45, 2.75) is 32.2 Å². The van der Waals surface area contributed by atoms with Gasteiger partial charge in [-0.25, -0.2) is 0 Å². The van der Waals surface area contributed by atoms with Crippen LogP contribution in [-0.2, 0) is 21.3 Å². The number of alkyl halides is 3. The topological polar surface area (TPSA) is 95.6 Å². The van der Waals surface area contributed by atoms with Gasteiger partial charge < -0.3 is 20.4 Å². The zero-order chi connectivity index (χ0) is 23.5. The van der Waals surface area contributed by atoms with Crippen molar-refractivity contribution in [3.05, 3.63) is 51.9 Å². The molecule has 1 aromatic heterocycles. The molecule has 32 heavy (non-hydrogen) atoms. The van der Waals surface area contributed by atoms with Crippen molar-refractivity contribution in [1.82, 2.24) is 4.57 Å². The van der Waals surface area contributed by atoms with E-state index in [0.717, 1.165) is 11.1 Å². The molecule has 3 N–H and O–H groups in total. The molecule has 3 rings (SSSR count). The van der Waals surface area contributed by atoms with Crippen molar-refractivity contribution in [2.75, 3.05) is 25.1 Å². The first-order valence-electron chi connectivity index (χ1n) is 10.2. The summed E-state index contributed by atoms with van der Waals surface area (Å²) in [6, 6.07) is 7.22. The number of nitrogens with two attached hydrogens (primary N) is 1. The van der Waals surface area contributed by atoms with Gasteiger partial charge in [0.15, 0.2) is 0 Å². The van der Waals surface area contributed by atoms with E-state index in [1.165, 1.54) is 4.57 Å². The van der Waals surface area contributed by atoms with Crippen LogP contribution in [0.2, 0.25) is 0 Å². The monoisotopic (exact) mass is 453 g/mol. The highest BCUT2D eigenvalue weighted by Crippen LogP contribution is 2.37. The summed E-state index contributed by atoms with van der Waals surface area (Å²) in [4.78, 5) is 23.7. The third-order valence-electron chi connectivity index (χ3n) is 5.47. The number of carbonyl (C=O) groups is 1. The lowest BCUT2D eigenvalue weighted by atomic mass is 9.89. The molecule has 0 aliphatic carbocycles. The van der Waals surface area contributed by atoms with Crippen molar-refractivity contribution in [3.63, 3.8) is 0 Å². The van der Waals surface area contributed by atoms with Crippen molar-refractivity contribution in [1.29, 1.82) is 0 Å². The molecular weight excluding hydrogens is 427 g/mol. The number of primary amides is 1. The fourth-order valence-electron chi connectivity index (χ4n) is 3.83. The number of aryl methyl sites for hydroxylation is 2. The molecule has 1 amide bonds. The predicted molar refractivity (Wildman–Crippen MR) is 113 cm³/mol. The van der Waals surface area contributed by atoms with Crippen LogP contribution in [-0.4, -0.2) is 36.6 Å². The van der Waals surface area contributed by atoms with E-state index < -0.39 is 25.0 Å². The Hall–Kier alpha value is -2.85. The quantitative estimate of drug-likeness (QED) is 0.628. The van der Waals surface area contributed by atoms with Gasteiger partial charge in [0, 0.05) is 49.1 Å². The second-order valence-corrected chi connectivity index (χ2v) is 7.83. The molecule has 1 aromatic carbocycles. The molecule has 1 saturated heterocycles. The molecule has 2 aromatic rings. The molecule has 7 nitrogen and oxygen atoms in total. The first-order chi connectivity index (χ1) is 15.0. The molecule has 1 aliphatic rings. The van der Waals surface area contributed by atoms with E-state index in [1.54, 1.807) is 32.3 Å². The first kappa shape index (κ1) is 23.8. The Morgan fingerprint density at radius 1 is 1.31 bits per heavy atom. The molecule has 0 radical (unpaired) electrons. The zero-order valence-electron chi connectivity index (χ0n) is 17.9.